The molecule has 0 aromatic heterocycles. The van der Waals surface area contributed by atoms with Crippen molar-refractivity contribution in [1.29, 1.82) is 0 Å². The molecule has 1 amide bonds. The van der Waals surface area contributed by atoms with Crippen molar-refractivity contribution in [3.63, 3.8) is 0 Å². The van der Waals surface area contributed by atoms with Crippen LogP contribution in [0.1, 0.15) is 12.0 Å². The molecule has 1 unspecified atom stereocenters. The first-order valence-electron chi connectivity index (χ1n) is 4.88. The van der Waals surface area contributed by atoms with Crippen molar-refractivity contribution in [3.8, 4) is 0 Å². The van der Waals surface area contributed by atoms with Crippen LogP contribution in [0.25, 0.3) is 0 Å². The Labute approximate surface area is 97.4 Å². The number of nitrogens with zero attached hydrogens (tertiary/aromatic N) is 1. The van der Waals surface area contributed by atoms with Gasteiger partial charge in [-0.25, -0.2) is 0 Å². The van der Waals surface area contributed by atoms with Crippen LogP contribution in [0.15, 0.2) is 18.2 Å². The van der Waals surface area contributed by atoms with Crippen molar-refractivity contribution in [2.45, 2.75) is 18.2 Å². The number of hydrogen-bond acceptors (Lipinski definition) is 2. The van der Waals surface area contributed by atoms with E-state index in [-0.39, 0.29) is 10.7 Å². The molecule has 2 rings (SSSR count). The Morgan fingerprint density at radius 2 is 2.27 bits per heavy atom. The van der Waals surface area contributed by atoms with E-state index in [1.165, 1.54) is 0 Å². The SMILES string of the molecule is Cc1ccc(N2CC(Br)CC2=O)cc1N. The second-order valence-electron chi connectivity index (χ2n) is 3.85. The van der Waals surface area contributed by atoms with E-state index in [0.29, 0.717) is 6.42 Å². The summed E-state index contributed by atoms with van der Waals surface area (Å²) in [6.07, 6.45) is 0.563. The zero-order valence-corrected chi connectivity index (χ0v) is 10.1. The predicted octanol–water partition coefficient (Wildman–Crippen LogP) is 2.08. The number of amides is 1. The lowest BCUT2D eigenvalue weighted by atomic mass is 10.2. The van der Waals surface area contributed by atoms with Gasteiger partial charge in [0.05, 0.1) is 0 Å². The lowest BCUT2D eigenvalue weighted by molar-refractivity contribution is -0.117. The van der Waals surface area contributed by atoms with E-state index in [1.807, 2.05) is 25.1 Å². The highest BCUT2D eigenvalue weighted by Gasteiger charge is 2.28. The molecule has 1 aliphatic rings. The number of hydrogen-bond donors (Lipinski definition) is 1. The van der Waals surface area contributed by atoms with Crippen LogP contribution in [0, 0.1) is 6.92 Å². The molecular formula is C11H13BrN2O. The van der Waals surface area contributed by atoms with E-state index in [9.17, 15) is 4.79 Å². The average molecular weight is 269 g/mol. The number of benzene rings is 1. The van der Waals surface area contributed by atoms with Gasteiger partial charge in [0.1, 0.15) is 0 Å². The molecule has 2 N–H and O–H groups in total. The quantitative estimate of drug-likeness (QED) is 0.626. The minimum Gasteiger partial charge on any atom is -0.398 e. The van der Waals surface area contributed by atoms with Gasteiger partial charge >= 0.3 is 0 Å². The standard InChI is InChI=1S/C11H13BrN2O/c1-7-2-3-9(5-10(7)13)14-6-8(12)4-11(14)15/h2-3,5,8H,4,6,13H2,1H3. The molecule has 0 aliphatic carbocycles. The van der Waals surface area contributed by atoms with Crippen LogP contribution in [0.2, 0.25) is 0 Å². The van der Waals surface area contributed by atoms with E-state index < -0.39 is 0 Å². The first kappa shape index (κ1) is 10.5. The fourth-order valence-electron chi connectivity index (χ4n) is 1.71. The van der Waals surface area contributed by atoms with Gasteiger partial charge in [-0.3, -0.25) is 4.79 Å². The molecule has 1 fully saturated rings. The van der Waals surface area contributed by atoms with Crippen molar-refractivity contribution in [2.24, 2.45) is 0 Å². The molecular weight excluding hydrogens is 256 g/mol. The van der Waals surface area contributed by atoms with Crippen LogP contribution in [0.5, 0.6) is 0 Å². The molecule has 1 heterocycles. The second-order valence-corrected chi connectivity index (χ2v) is 5.14. The number of nitrogens with two attached hydrogens (primary N) is 1. The van der Waals surface area contributed by atoms with Crippen LogP contribution >= 0.6 is 15.9 Å². The molecule has 0 radical (unpaired) electrons. The summed E-state index contributed by atoms with van der Waals surface area (Å²) in [6.45, 7) is 2.68. The summed E-state index contributed by atoms with van der Waals surface area (Å²) in [5.74, 6) is 0.153. The van der Waals surface area contributed by atoms with E-state index in [0.717, 1.165) is 23.5 Å². The third kappa shape index (κ3) is 2.00. The number of nitrogen functional groups attached to an aromatic ring is 1. The molecule has 1 aliphatic heterocycles. The molecule has 0 saturated carbocycles. The maximum atomic E-state index is 11.6. The van der Waals surface area contributed by atoms with Crippen molar-refractivity contribution >= 4 is 33.2 Å². The smallest absolute Gasteiger partial charge is 0.228 e. The summed E-state index contributed by atoms with van der Waals surface area (Å²) in [6, 6.07) is 5.74. The monoisotopic (exact) mass is 268 g/mol. The molecule has 80 valence electrons. The number of halogens is 1. The minimum absolute atomic E-state index is 0.153. The van der Waals surface area contributed by atoms with Gasteiger partial charge in [0.15, 0.2) is 0 Å². The third-order valence-electron chi connectivity index (χ3n) is 2.65. The number of anilines is 2. The summed E-state index contributed by atoms with van der Waals surface area (Å²) in [5, 5.41) is 0. The molecule has 4 heteroatoms. The van der Waals surface area contributed by atoms with Gasteiger partial charge in [-0.1, -0.05) is 22.0 Å². The molecule has 3 nitrogen and oxygen atoms in total. The molecule has 1 aromatic carbocycles. The Balaban J connectivity index is 2.30. The largest absolute Gasteiger partial charge is 0.398 e. The number of aryl methyl sites for hydroxylation is 1. The van der Waals surface area contributed by atoms with Crippen LogP contribution < -0.4 is 10.6 Å². The van der Waals surface area contributed by atoms with Crippen molar-refractivity contribution in [3.05, 3.63) is 23.8 Å². The van der Waals surface area contributed by atoms with Crippen molar-refractivity contribution in [2.75, 3.05) is 17.2 Å². The minimum atomic E-state index is 0.153. The number of rotatable bonds is 1. The highest BCUT2D eigenvalue weighted by Crippen LogP contribution is 2.27. The van der Waals surface area contributed by atoms with Crippen LogP contribution in [0.4, 0.5) is 11.4 Å². The van der Waals surface area contributed by atoms with Gasteiger partial charge in [0.2, 0.25) is 5.91 Å². The van der Waals surface area contributed by atoms with E-state index in [2.05, 4.69) is 15.9 Å². The average Bonchev–Trinajstić information content (AvgIpc) is 2.50. The van der Waals surface area contributed by atoms with Crippen LogP contribution in [-0.2, 0) is 4.79 Å². The molecule has 15 heavy (non-hydrogen) atoms. The first-order chi connectivity index (χ1) is 7.08. The zero-order chi connectivity index (χ0) is 11.0. The Kier molecular flexibility index (Phi) is 2.69. The van der Waals surface area contributed by atoms with Crippen molar-refractivity contribution < 1.29 is 4.79 Å². The second kappa shape index (κ2) is 3.85. The Bertz CT molecular complexity index is 406. The molecule has 1 aromatic rings. The summed E-state index contributed by atoms with van der Waals surface area (Å²) < 4.78 is 0. The van der Waals surface area contributed by atoms with E-state index in [1.54, 1.807) is 4.90 Å². The van der Waals surface area contributed by atoms with Gasteiger partial charge in [0.25, 0.3) is 0 Å². The maximum Gasteiger partial charge on any atom is 0.228 e. The van der Waals surface area contributed by atoms with Crippen LogP contribution in [-0.4, -0.2) is 17.3 Å². The zero-order valence-electron chi connectivity index (χ0n) is 8.53. The fourth-order valence-corrected chi connectivity index (χ4v) is 2.28. The number of carbonyl (C=O) groups excluding carboxylic acids is 1. The van der Waals surface area contributed by atoms with Gasteiger partial charge < -0.3 is 10.6 Å². The van der Waals surface area contributed by atoms with Crippen molar-refractivity contribution in [1.82, 2.24) is 0 Å². The fraction of sp³-hybridized carbons (Fsp3) is 0.364. The molecule has 0 bridgehead atoms. The maximum absolute atomic E-state index is 11.6. The molecule has 1 saturated heterocycles. The number of carbonyl (C=O) groups is 1. The highest BCUT2D eigenvalue weighted by molar-refractivity contribution is 9.09. The lowest BCUT2D eigenvalue weighted by Gasteiger charge is -2.16. The topological polar surface area (TPSA) is 46.3 Å². The summed E-state index contributed by atoms with van der Waals surface area (Å²) in [7, 11) is 0. The summed E-state index contributed by atoms with van der Waals surface area (Å²) in [4.78, 5) is 13.7. The molecule has 1 atom stereocenters. The summed E-state index contributed by atoms with van der Waals surface area (Å²) in [5.41, 5.74) is 8.49. The third-order valence-corrected chi connectivity index (χ3v) is 3.27. The first-order valence-corrected chi connectivity index (χ1v) is 5.80. The molecule has 0 spiro atoms. The number of alkyl halides is 1. The lowest BCUT2D eigenvalue weighted by Crippen LogP contribution is -2.24. The van der Waals surface area contributed by atoms with E-state index in [4.69, 9.17) is 5.73 Å². The van der Waals surface area contributed by atoms with Gasteiger partial charge in [-0.15, -0.1) is 0 Å². The summed E-state index contributed by atoms with van der Waals surface area (Å²) >= 11 is 3.46. The van der Waals surface area contributed by atoms with Gasteiger partial charge in [-0.05, 0) is 24.6 Å². The normalized spacial score (nSPS) is 21.1. The van der Waals surface area contributed by atoms with Gasteiger partial charge in [-0.2, -0.15) is 0 Å². The Morgan fingerprint density at radius 3 is 2.80 bits per heavy atom. The highest BCUT2D eigenvalue weighted by atomic mass is 79.9. The predicted molar refractivity (Wildman–Crippen MR) is 65.3 cm³/mol. The Hall–Kier alpha value is -1.03. The van der Waals surface area contributed by atoms with E-state index >= 15 is 0 Å². The van der Waals surface area contributed by atoms with Gasteiger partial charge in [0, 0.05) is 29.2 Å². The van der Waals surface area contributed by atoms with Crippen LogP contribution in [0.3, 0.4) is 0 Å². The Morgan fingerprint density at radius 1 is 1.53 bits per heavy atom.